The summed E-state index contributed by atoms with van der Waals surface area (Å²) in [6.45, 7) is 11.5. The fraction of sp³-hybridized carbons (Fsp3) is 0.476. The lowest BCUT2D eigenvalue weighted by molar-refractivity contribution is 0.285. The predicted octanol–water partition coefficient (Wildman–Crippen LogP) is 3.67. The summed E-state index contributed by atoms with van der Waals surface area (Å²) in [7, 11) is 0. The molecule has 1 aromatic carbocycles. The van der Waals surface area contributed by atoms with Crippen LogP contribution in [0.4, 0.5) is 5.13 Å². The normalized spacial score (nSPS) is 16.3. The molecule has 0 N–H and O–H groups in total. The Morgan fingerprint density at radius 3 is 2.57 bits per heavy atom. The van der Waals surface area contributed by atoms with E-state index in [1.807, 2.05) is 16.6 Å². The first kappa shape index (κ1) is 18.9. The summed E-state index contributed by atoms with van der Waals surface area (Å²) < 4.78 is 1.93. The molecule has 6 nitrogen and oxygen atoms in total. The van der Waals surface area contributed by atoms with E-state index >= 15 is 0 Å². The smallest absolute Gasteiger partial charge is 0.214 e. The molecule has 146 valence electrons. The van der Waals surface area contributed by atoms with Gasteiger partial charge in [-0.25, -0.2) is 9.50 Å². The maximum Gasteiger partial charge on any atom is 0.214 e. The van der Waals surface area contributed by atoms with Gasteiger partial charge < -0.3 is 4.90 Å². The predicted molar refractivity (Wildman–Crippen MR) is 113 cm³/mol. The van der Waals surface area contributed by atoms with Crippen molar-refractivity contribution >= 4 is 21.4 Å². The van der Waals surface area contributed by atoms with Gasteiger partial charge in [-0.2, -0.15) is 5.26 Å². The van der Waals surface area contributed by atoms with Crippen LogP contribution in [0.3, 0.4) is 0 Å². The number of rotatable bonds is 3. The lowest BCUT2D eigenvalue weighted by Gasteiger charge is -2.21. The van der Waals surface area contributed by atoms with Crippen molar-refractivity contribution in [3.63, 3.8) is 0 Å². The summed E-state index contributed by atoms with van der Waals surface area (Å²) in [5.41, 5.74) is 3.11. The number of nitriles is 1. The lowest BCUT2D eigenvalue weighted by Crippen LogP contribution is -2.30. The summed E-state index contributed by atoms with van der Waals surface area (Å²) in [6, 6.07) is 10.1. The fourth-order valence-electron chi connectivity index (χ4n) is 3.44. The van der Waals surface area contributed by atoms with E-state index in [1.54, 1.807) is 11.3 Å². The molecule has 1 fully saturated rings. The van der Waals surface area contributed by atoms with Crippen molar-refractivity contribution < 1.29 is 0 Å². The minimum absolute atomic E-state index is 0.0438. The van der Waals surface area contributed by atoms with Crippen molar-refractivity contribution in [1.82, 2.24) is 19.5 Å². The Kier molecular flexibility index (Phi) is 5.09. The molecule has 0 saturated carbocycles. The third kappa shape index (κ3) is 4.03. The van der Waals surface area contributed by atoms with Gasteiger partial charge in [0.2, 0.25) is 10.1 Å². The molecular weight excluding hydrogens is 368 g/mol. The molecule has 1 saturated heterocycles. The van der Waals surface area contributed by atoms with Gasteiger partial charge in [0.15, 0.2) is 0 Å². The molecule has 1 aliphatic heterocycles. The summed E-state index contributed by atoms with van der Waals surface area (Å²) in [5, 5.41) is 14.8. The average molecular weight is 395 g/mol. The van der Waals surface area contributed by atoms with Crippen LogP contribution in [-0.4, -0.2) is 45.7 Å². The molecule has 0 atom stereocenters. The van der Waals surface area contributed by atoms with Gasteiger partial charge in [0.05, 0.1) is 23.5 Å². The van der Waals surface area contributed by atoms with E-state index in [0.717, 1.165) is 54.9 Å². The van der Waals surface area contributed by atoms with Crippen LogP contribution in [0.2, 0.25) is 0 Å². The maximum atomic E-state index is 8.94. The van der Waals surface area contributed by atoms with Crippen LogP contribution in [0.1, 0.15) is 44.0 Å². The van der Waals surface area contributed by atoms with Crippen LogP contribution in [-0.2, 0) is 12.0 Å². The first-order valence-electron chi connectivity index (χ1n) is 9.75. The van der Waals surface area contributed by atoms with Gasteiger partial charge in [0, 0.05) is 38.1 Å². The quantitative estimate of drug-likeness (QED) is 0.678. The number of imidazole rings is 1. The zero-order valence-electron chi connectivity index (χ0n) is 16.7. The molecule has 0 spiro atoms. The zero-order chi connectivity index (χ0) is 19.7. The Bertz CT molecular complexity index is 957. The number of aromatic nitrogens is 3. The van der Waals surface area contributed by atoms with Gasteiger partial charge in [-0.3, -0.25) is 4.90 Å². The second kappa shape index (κ2) is 7.53. The Labute approximate surface area is 170 Å². The first-order valence-corrected chi connectivity index (χ1v) is 10.6. The van der Waals surface area contributed by atoms with Crippen LogP contribution >= 0.6 is 11.3 Å². The van der Waals surface area contributed by atoms with Crippen molar-refractivity contribution in [1.29, 1.82) is 5.26 Å². The van der Waals surface area contributed by atoms with Crippen LogP contribution in [0.5, 0.6) is 0 Å². The SMILES string of the molecule is CC(C)(C)c1cn2nc(N3CCCN(Cc4ccc(C#N)cc4)CC3)sc2n1. The van der Waals surface area contributed by atoms with Crippen molar-refractivity contribution in [3.8, 4) is 6.07 Å². The molecule has 7 heteroatoms. The molecule has 3 heterocycles. The number of nitrogens with zero attached hydrogens (tertiary/aromatic N) is 6. The number of fused-ring (bicyclic) bond motifs is 1. The largest absolute Gasteiger partial charge is 0.345 e. The average Bonchev–Trinajstić information content (AvgIpc) is 3.16. The maximum absolute atomic E-state index is 8.94. The Hall–Kier alpha value is -2.43. The van der Waals surface area contributed by atoms with Crippen molar-refractivity contribution in [3.05, 3.63) is 47.3 Å². The fourth-order valence-corrected chi connectivity index (χ4v) is 4.38. The minimum atomic E-state index is 0.0438. The molecule has 0 amide bonds. The van der Waals surface area contributed by atoms with Gasteiger partial charge in [-0.15, -0.1) is 5.10 Å². The van der Waals surface area contributed by atoms with Gasteiger partial charge in [-0.1, -0.05) is 44.2 Å². The molecular formula is C21H26N6S. The standard InChI is InChI=1S/C21H26N6S/c1-21(2,3)18-15-27-19(23-18)28-20(24-27)26-10-4-9-25(11-12-26)14-17-7-5-16(13-22)6-8-17/h5-8,15H,4,9-12,14H2,1-3H3. The second-order valence-corrected chi connectivity index (χ2v) is 9.35. The second-order valence-electron chi connectivity index (χ2n) is 8.41. The van der Waals surface area contributed by atoms with E-state index in [2.05, 4.69) is 55.0 Å². The van der Waals surface area contributed by atoms with E-state index in [1.165, 1.54) is 5.56 Å². The molecule has 28 heavy (non-hydrogen) atoms. The zero-order valence-corrected chi connectivity index (χ0v) is 17.5. The Balaban J connectivity index is 1.41. The molecule has 0 radical (unpaired) electrons. The van der Waals surface area contributed by atoms with Gasteiger partial charge in [-0.05, 0) is 24.1 Å². The van der Waals surface area contributed by atoms with Crippen LogP contribution in [0.25, 0.3) is 4.96 Å². The summed E-state index contributed by atoms with van der Waals surface area (Å²) in [5.74, 6) is 0. The highest BCUT2D eigenvalue weighted by Crippen LogP contribution is 2.28. The number of hydrogen-bond acceptors (Lipinski definition) is 6. The van der Waals surface area contributed by atoms with Gasteiger partial charge in [0.1, 0.15) is 0 Å². The minimum Gasteiger partial charge on any atom is -0.345 e. The molecule has 0 aliphatic carbocycles. The summed E-state index contributed by atoms with van der Waals surface area (Å²) >= 11 is 1.68. The first-order chi connectivity index (χ1) is 13.4. The van der Waals surface area contributed by atoms with Gasteiger partial charge >= 0.3 is 0 Å². The number of hydrogen-bond donors (Lipinski definition) is 0. The third-order valence-corrected chi connectivity index (χ3v) is 6.13. The van der Waals surface area contributed by atoms with E-state index < -0.39 is 0 Å². The monoisotopic (exact) mass is 394 g/mol. The molecule has 0 unspecified atom stereocenters. The Morgan fingerprint density at radius 2 is 1.89 bits per heavy atom. The number of benzene rings is 1. The van der Waals surface area contributed by atoms with E-state index in [4.69, 9.17) is 15.3 Å². The lowest BCUT2D eigenvalue weighted by atomic mass is 9.93. The van der Waals surface area contributed by atoms with Crippen LogP contribution in [0.15, 0.2) is 30.5 Å². The third-order valence-electron chi connectivity index (χ3n) is 5.15. The topological polar surface area (TPSA) is 60.5 Å². The van der Waals surface area contributed by atoms with Crippen molar-refractivity contribution in [2.45, 2.75) is 39.2 Å². The van der Waals surface area contributed by atoms with E-state index in [9.17, 15) is 0 Å². The number of anilines is 1. The van der Waals surface area contributed by atoms with E-state index in [0.29, 0.717) is 5.56 Å². The van der Waals surface area contributed by atoms with Crippen LogP contribution < -0.4 is 4.90 Å². The molecule has 0 bridgehead atoms. The van der Waals surface area contributed by atoms with Crippen molar-refractivity contribution in [2.24, 2.45) is 0 Å². The Morgan fingerprint density at radius 1 is 1.11 bits per heavy atom. The van der Waals surface area contributed by atoms with Crippen molar-refractivity contribution in [2.75, 3.05) is 31.1 Å². The van der Waals surface area contributed by atoms with Gasteiger partial charge in [0.25, 0.3) is 0 Å². The highest BCUT2D eigenvalue weighted by Gasteiger charge is 2.22. The summed E-state index contributed by atoms with van der Waals surface area (Å²) in [4.78, 5) is 10.6. The summed E-state index contributed by atoms with van der Waals surface area (Å²) in [6.07, 6.45) is 3.18. The van der Waals surface area contributed by atoms with Crippen LogP contribution in [0, 0.1) is 11.3 Å². The highest BCUT2D eigenvalue weighted by atomic mass is 32.1. The molecule has 4 rings (SSSR count). The molecule has 1 aliphatic rings. The molecule has 3 aromatic rings. The molecule has 2 aromatic heterocycles. The van der Waals surface area contributed by atoms with E-state index in [-0.39, 0.29) is 5.41 Å². The highest BCUT2D eigenvalue weighted by molar-refractivity contribution is 7.20.